The second-order valence-electron chi connectivity index (χ2n) is 4.23. The Labute approximate surface area is 106 Å². The van der Waals surface area contributed by atoms with Crippen LogP contribution in [-0.2, 0) is 16.6 Å². The number of amides is 2. The van der Waals surface area contributed by atoms with Gasteiger partial charge in [-0.3, -0.25) is 29.3 Å². The van der Waals surface area contributed by atoms with E-state index in [0.29, 0.717) is 0 Å². The summed E-state index contributed by atoms with van der Waals surface area (Å²) in [4.78, 5) is 47.6. The van der Waals surface area contributed by atoms with Crippen molar-refractivity contribution in [2.45, 2.75) is 18.9 Å². The Hall–Kier alpha value is -2.58. The van der Waals surface area contributed by atoms with E-state index >= 15 is 0 Å². The number of carbonyl (C=O) groups is 2. The molecule has 0 spiro atoms. The summed E-state index contributed by atoms with van der Waals surface area (Å²) in [5.74, 6) is -0.951. The van der Waals surface area contributed by atoms with Gasteiger partial charge in [0.2, 0.25) is 11.8 Å². The fraction of sp³-hybridized carbons (Fsp3) is 0.400. The molecule has 1 aliphatic rings. The lowest BCUT2D eigenvalue weighted by atomic mass is 10.1. The van der Waals surface area contributed by atoms with E-state index in [1.807, 2.05) is 0 Å². The Bertz CT molecular complexity index is 659. The van der Waals surface area contributed by atoms with Gasteiger partial charge in [-0.1, -0.05) is 0 Å². The largest absolute Gasteiger partial charge is 0.383 e. The normalized spacial score (nSPS) is 19.1. The highest BCUT2D eigenvalue weighted by molar-refractivity contribution is 6.01. The maximum Gasteiger partial charge on any atom is 0.329 e. The monoisotopic (exact) mass is 267 g/mol. The number of imide groups is 1. The zero-order valence-corrected chi connectivity index (χ0v) is 10.1. The van der Waals surface area contributed by atoms with Gasteiger partial charge in [-0.05, 0) is 6.42 Å². The summed E-state index contributed by atoms with van der Waals surface area (Å²) in [5.41, 5.74) is 4.25. The van der Waals surface area contributed by atoms with Crippen LogP contribution in [0.3, 0.4) is 0 Å². The van der Waals surface area contributed by atoms with Crippen LogP contribution >= 0.6 is 0 Å². The number of aromatic nitrogens is 2. The molecule has 0 saturated carbocycles. The lowest BCUT2D eigenvalue weighted by Gasteiger charge is -2.23. The van der Waals surface area contributed by atoms with E-state index in [1.165, 1.54) is 7.05 Å². The molecule has 0 bridgehead atoms. The molecule has 19 heavy (non-hydrogen) atoms. The zero-order valence-electron chi connectivity index (χ0n) is 10.1. The summed E-state index contributed by atoms with van der Waals surface area (Å²) in [7, 11) is 1.39. The maximum absolute atomic E-state index is 11.6. The van der Waals surface area contributed by atoms with Crippen molar-refractivity contribution >= 4 is 23.3 Å². The van der Waals surface area contributed by atoms with Crippen LogP contribution in [0.5, 0.6) is 0 Å². The van der Waals surface area contributed by atoms with E-state index in [-0.39, 0.29) is 30.3 Å². The number of H-pyrrole nitrogens is 1. The summed E-state index contributed by atoms with van der Waals surface area (Å²) in [5, 5.41) is 4.82. The number of nitrogens with zero attached hydrogens (tertiary/aromatic N) is 1. The van der Waals surface area contributed by atoms with Crippen LogP contribution in [-0.4, -0.2) is 27.4 Å². The van der Waals surface area contributed by atoms with Crippen molar-refractivity contribution < 1.29 is 9.59 Å². The van der Waals surface area contributed by atoms with Gasteiger partial charge in [0.15, 0.2) is 0 Å². The first-order valence-electron chi connectivity index (χ1n) is 5.59. The van der Waals surface area contributed by atoms with Crippen LogP contribution in [0.25, 0.3) is 0 Å². The molecule has 1 unspecified atom stereocenters. The van der Waals surface area contributed by atoms with Crippen LogP contribution in [0.4, 0.5) is 11.5 Å². The molecule has 5 N–H and O–H groups in total. The van der Waals surface area contributed by atoms with Gasteiger partial charge in [-0.2, -0.15) is 0 Å². The van der Waals surface area contributed by atoms with Gasteiger partial charge in [-0.25, -0.2) is 4.79 Å². The van der Waals surface area contributed by atoms with Crippen LogP contribution in [0.1, 0.15) is 12.8 Å². The highest BCUT2D eigenvalue weighted by atomic mass is 16.2. The minimum Gasteiger partial charge on any atom is -0.383 e. The second kappa shape index (κ2) is 4.59. The Kier molecular flexibility index (Phi) is 3.11. The zero-order chi connectivity index (χ0) is 14.2. The van der Waals surface area contributed by atoms with Gasteiger partial charge >= 0.3 is 5.69 Å². The van der Waals surface area contributed by atoms with Crippen molar-refractivity contribution in [3.63, 3.8) is 0 Å². The molecule has 1 atom stereocenters. The van der Waals surface area contributed by atoms with Gasteiger partial charge in [0.05, 0.1) is 0 Å². The molecule has 1 aliphatic heterocycles. The van der Waals surface area contributed by atoms with Crippen molar-refractivity contribution in [2.75, 3.05) is 11.1 Å². The molecule has 2 amide bonds. The third kappa shape index (κ3) is 2.34. The highest BCUT2D eigenvalue weighted by Crippen LogP contribution is 2.14. The Morgan fingerprint density at radius 2 is 2.00 bits per heavy atom. The van der Waals surface area contributed by atoms with Gasteiger partial charge in [0.25, 0.3) is 5.56 Å². The minimum absolute atomic E-state index is 0.0587. The number of aromatic amines is 1. The molecule has 9 nitrogen and oxygen atoms in total. The molecule has 0 radical (unpaired) electrons. The van der Waals surface area contributed by atoms with E-state index in [0.717, 1.165) is 4.57 Å². The van der Waals surface area contributed by atoms with E-state index < -0.39 is 23.2 Å². The van der Waals surface area contributed by atoms with Crippen LogP contribution in [0.15, 0.2) is 9.59 Å². The van der Waals surface area contributed by atoms with Crippen molar-refractivity contribution in [2.24, 2.45) is 7.05 Å². The number of hydrogen-bond acceptors (Lipinski definition) is 6. The fourth-order valence-electron chi connectivity index (χ4n) is 1.78. The molecule has 1 fully saturated rings. The second-order valence-corrected chi connectivity index (χ2v) is 4.23. The number of nitrogens with one attached hydrogen (secondary N) is 3. The number of rotatable bonds is 2. The van der Waals surface area contributed by atoms with E-state index in [4.69, 9.17) is 5.73 Å². The molecule has 9 heteroatoms. The van der Waals surface area contributed by atoms with Crippen LogP contribution in [0, 0.1) is 0 Å². The number of carbonyl (C=O) groups excluding carboxylic acids is 2. The summed E-state index contributed by atoms with van der Waals surface area (Å²) in [6.07, 6.45) is 0.430. The topological polar surface area (TPSA) is 139 Å². The SMILES string of the molecule is Cn1c(N)c(NC2CCC(=O)NC2=O)c(=O)[nH]c1=O. The fourth-order valence-corrected chi connectivity index (χ4v) is 1.78. The van der Waals surface area contributed by atoms with Gasteiger partial charge in [0.1, 0.15) is 17.5 Å². The molecule has 0 aliphatic carbocycles. The molecule has 2 rings (SSSR count). The van der Waals surface area contributed by atoms with Gasteiger partial charge < -0.3 is 11.1 Å². The maximum atomic E-state index is 11.6. The summed E-state index contributed by atoms with van der Waals surface area (Å²) >= 11 is 0. The summed E-state index contributed by atoms with van der Waals surface area (Å²) < 4.78 is 1.05. The number of nitrogens with two attached hydrogens (primary N) is 1. The number of nitrogen functional groups attached to an aromatic ring is 1. The molecule has 1 aromatic heterocycles. The van der Waals surface area contributed by atoms with Gasteiger partial charge in [0, 0.05) is 13.5 Å². The molecule has 1 saturated heterocycles. The quantitative estimate of drug-likeness (QED) is 0.451. The van der Waals surface area contributed by atoms with Crippen LogP contribution < -0.4 is 27.6 Å². The highest BCUT2D eigenvalue weighted by Gasteiger charge is 2.27. The molecule has 1 aromatic rings. The van der Waals surface area contributed by atoms with E-state index in [1.54, 1.807) is 0 Å². The first kappa shape index (κ1) is 12.9. The molecular weight excluding hydrogens is 254 g/mol. The van der Waals surface area contributed by atoms with Gasteiger partial charge in [-0.15, -0.1) is 0 Å². The average Bonchev–Trinajstić information content (AvgIpc) is 2.34. The predicted molar refractivity (Wildman–Crippen MR) is 66.5 cm³/mol. The number of piperidine rings is 1. The van der Waals surface area contributed by atoms with Crippen LogP contribution in [0.2, 0.25) is 0 Å². The van der Waals surface area contributed by atoms with E-state index in [2.05, 4.69) is 15.6 Å². The minimum atomic E-state index is -0.737. The van der Waals surface area contributed by atoms with Crippen molar-refractivity contribution in [1.29, 1.82) is 0 Å². The average molecular weight is 267 g/mol. The third-order valence-electron chi connectivity index (χ3n) is 2.93. The van der Waals surface area contributed by atoms with Crippen molar-refractivity contribution in [3.05, 3.63) is 20.8 Å². The predicted octanol–water partition coefficient (Wildman–Crippen LogP) is -2.13. The molecule has 2 heterocycles. The molecule has 0 aromatic carbocycles. The number of anilines is 2. The standard InChI is InChI=1S/C10H13N5O4/c1-15-7(11)6(9(18)14-10(15)19)12-4-2-3-5(16)13-8(4)17/h4,12H,2-3,11H2,1H3,(H,13,16,17)(H,14,18,19). The molecular formula is C10H13N5O4. The Morgan fingerprint density at radius 1 is 1.32 bits per heavy atom. The van der Waals surface area contributed by atoms with E-state index in [9.17, 15) is 19.2 Å². The third-order valence-corrected chi connectivity index (χ3v) is 2.93. The van der Waals surface area contributed by atoms with Crippen molar-refractivity contribution in [1.82, 2.24) is 14.9 Å². The lowest BCUT2D eigenvalue weighted by Crippen LogP contribution is -2.48. The molecule has 102 valence electrons. The Balaban J connectivity index is 2.32. The van der Waals surface area contributed by atoms with Crippen molar-refractivity contribution in [3.8, 4) is 0 Å². The number of hydrogen-bond donors (Lipinski definition) is 4. The lowest BCUT2D eigenvalue weighted by molar-refractivity contribution is -0.133. The summed E-state index contributed by atoms with van der Waals surface area (Å²) in [6.45, 7) is 0. The first-order valence-corrected chi connectivity index (χ1v) is 5.59. The smallest absolute Gasteiger partial charge is 0.329 e. The Morgan fingerprint density at radius 3 is 2.63 bits per heavy atom. The summed E-state index contributed by atoms with van der Waals surface area (Å²) in [6, 6.07) is -0.737. The first-order chi connectivity index (χ1) is 8.90.